The minimum Gasteiger partial charge on any atom is -0.497 e. The highest BCUT2D eigenvalue weighted by molar-refractivity contribution is 7.13. The molecule has 0 bridgehead atoms. The molecule has 0 spiro atoms. The summed E-state index contributed by atoms with van der Waals surface area (Å²) in [6.07, 6.45) is 2.22. The number of ether oxygens (including phenoxy) is 3. The largest absolute Gasteiger partial charge is 0.497 e. The zero-order valence-corrected chi connectivity index (χ0v) is 17.1. The number of amides is 2. The van der Waals surface area contributed by atoms with E-state index >= 15 is 0 Å². The summed E-state index contributed by atoms with van der Waals surface area (Å²) in [5.74, 6) is 0.356. The van der Waals surface area contributed by atoms with E-state index in [1.165, 1.54) is 23.3 Å². The number of hydrogen-bond donors (Lipinski definition) is 1. The van der Waals surface area contributed by atoms with E-state index in [-0.39, 0.29) is 18.4 Å². The Kier molecular flexibility index (Phi) is 8.70. The quantitative estimate of drug-likeness (QED) is 0.576. The molecule has 1 aromatic carbocycles. The number of rotatable bonds is 11. The van der Waals surface area contributed by atoms with Crippen LogP contribution < -0.4 is 14.8 Å². The highest BCUT2D eigenvalue weighted by Gasteiger charge is 2.22. The molecule has 0 saturated heterocycles. The molecule has 9 heteroatoms. The van der Waals surface area contributed by atoms with Crippen LogP contribution in [0.4, 0.5) is 5.13 Å². The van der Waals surface area contributed by atoms with Gasteiger partial charge in [0.2, 0.25) is 5.91 Å². The summed E-state index contributed by atoms with van der Waals surface area (Å²) in [5.41, 5.74) is 0.363. The van der Waals surface area contributed by atoms with Crippen molar-refractivity contribution in [3.63, 3.8) is 0 Å². The number of nitrogens with one attached hydrogen (secondary N) is 1. The molecule has 1 heterocycles. The summed E-state index contributed by atoms with van der Waals surface area (Å²) in [6.45, 7) is 3.30. The summed E-state index contributed by atoms with van der Waals surface area (Å²) in [7, 11) is 3.03. The number of carbonyl (C=O) groups is 2. The van der Waals surface area contributed by atoms with Crippen molar-refractivity contribution in [1.29, 1.82) is 0 Å². The van der Waals surface area contributed by atoms with Crippen molar-refractivity contribution in [2.45, 2.75) is 13.3 Å². The molecule has 0 atom stereocenters. The SMILES string of the molecule is CCOCCCN(CC(=O)Nc1nccs1)C(=O)c1ccc(OC)cc1OC. The van der Waals surface area contributed by atoms with E-state index in [1.807, 2.05) is 6.92 Å². The van der Waals surface area contributed by atoms with Gasteiger partial charge in [0.05, 0.1) is 19.8 Å². The summed E-state index contributed by atoms with van der Waals surface area (Å²) in [4.78, 5) is 31.0. The van der Waals surface area contributed by atoms with Gasteiger partial charge in [0.15, 0.2) is 5.13 Å². The van der Waals surface area contributed by atoms with E-state index in [4.69, 9.17) is 14.2 Å². The molecule has 1 N–H and O–H groups in total. The van der Waals surface area contributed by atoms with Crippen LogP contribution in [0.25, 0.3) is 0 Å². The van der Waals surface area contributed by atoms with Gasteiger partial charge in [-0.1, -0.05) is 0 Å². The van der Waals surface area contributed by atoms with Crippen LogP contribution in [0.15, 0.2) is 29.8 Å². The number of methoxy groups -OCH3 is 2. The van der Waals surface area contributed by atoms with Crippen LogP contribution in [0.3, 0.4) is 0 Å². The first kappa shape index (κ1) is 21.6. The molecule has 1 aromatic heterocycles. The molecule has 0 radical (unpaired) electrons. The first-order valence-corrected chi connectivity index (χ1v) is 9.75. The fraction of sp³-hybridized carbons (Fsp3) is 0.421. The second kappa shape index (κ2) is 11.3. The lowest BCUT2D eigenvalue weighted by molar-refractivity contribution is -0.116. The Morgan fingerprint density at radius 1 is 1.25 bits per heavy atom. The first-order valence-electron chi connectivity index (χ1n) is 8.87. The van der Waals surface area contributed by atoms with Crippen LogP contribution >= 0.6 is 11.3 Å². The Morgan fingerprint density at radius 3 is 2.71 bits per heavy atom. The maximum absolute atomic E-state index is 13.1. The standard InChI is InChI=1S/C19H25N3O5S/c1-4-27-10-5-9-22(13-17(23)21-19-20-8-11-28-19)18(24)15-7-6-14(25-2)12-16(15)26-3/h6-8,11-12H,4-5,9-10,13H2,1-3H3,(H,20,21,23). The maximum Gasteiger partial charge on any atom is 0.258 e. The first-order chi connectivity index (χ1) is 13.6. The Morgan fingerprint density at radius 2 is 2.07 bits per heavy atom. The molecule has 2 rings (SSSR count). The van der Waals surface area contributed by atoms with Gasteiger partial charge in [-0.05, 0) is 25.5 Å². The van der Waals surface area contributed by atoms with Gasteiger partial charge in [0.1, 0.15) is 18.0 Å². The summed E-state index contributed by atoms with van der Waals surface area (Å²) < 4.78 is 15.9. The highest BCUT2D eigenvalue weighted by Crippen LogP contribution is 2.26. The molecule has 2 aromatic rings. The molecule has 152 valence electrons. The number of nitrogens with zero attached hydrogens (tertiary/aromatic N) is 2. The van der Waals surface area contributed by atoms with Crippen LogP contribution in [0, 0.1) is 0 Å². The Bertz CT molecular complexity index is 767. The smallest absolute Gasteiger partial charge is 0.258 e. The van der Waals surface area contributed by atoms with E-state index in [0.29, 0.717) is 48.4 Å². The fourth-order valence-electron chi connectivity index (χ4n) is 2.52. The topological polar surface area (TPSA) is 90.0 Å². The van der Waals surface area contributed by atoms with E-state index in [0.717, 1.165) is 0 Å². The van der Waals surface area contributed by atoms with Gasteiger partial charge in [-0.2, -0.15) is 0 Å². The average molecular weight is 407 g/mol. The summed E-state index contributed by atoms with van der Waals surface area (Å²) >= 11 is 1.32. The Labute approximate surface area is 168 Å². The fourth-order valence-corrected chi connectivity index (χ4v) is 3.06. The average Bonchev–Trinajstić information content (AvgIpc) is 3.22. The van der Waals surface area contributed by atoms with Crippen molar-refractivity contribution >= 4 is 28.3 Å². The number of thiazole rings is 1. The van der Waals surface area contributed by atoms with Crippen molar-refractivity contribution in [3.05, 3.63) is 35.3 Å². The van der Waals surface area contributed by atoms with Crippen molar-refractivity contribution in [3.8, 4) is 11.5 Å². The molecule has 0 unspecified atom stereocenters. The molecule has 8 nitrogen and oxygen atoms in total. The summed E-state index contributed by atoms with van der Waals surface area (Å²) in [5, 5.41) is 4.96. The second-order valence-corrected chi connectivity index (χ2v) is 6.62. The van der Waals surface area contributed by atoms with Gasteiger partial charge in [-0.25, -0.2) is 4.98 Å². The molecular formula is C19H25N3O5S. The van der Waals surface area contributed by atoms with E-state index in [1.54, 1.807) is 36.9 Å². The number of aromatic nitrogens is 1. The van der Waals surface area contributed by atoms with E-state index in [9.17, 15) is 9.59 Å². The van der Waals surface area contributed by atoms with Gasteiger partial charge >= 0.3 is 0 Å². The summed E-state index contributed by atoms with van der Waals surface area (Å²) in [6, 6.07) is 4.96. The lowest BCUT2D eigenvalue weighted by Gasteiger charge is -2.23. The normalized spacial score (nSPS) is 10.4. The van der Waals surface area contributed by atoms with Crippen molar-refractivity contribution in [2.75, 3.05) is 45.8 Å². The van der Waals surface area contributed by atoms with Crippen molar-refractivity contribution < 1.29 is 23.8 Å². The van der Waals surface area contributed by atoms with Gasteiger partial charge < -0.3 is 24.4 Å². The molecule has 0 aliphatic rings. The van der Waals surface area contributed by atoms with E-state index in [2.05, 4.69) is 10.3 Å². The number of hydrogen-bond acceptors (Lipinski definition) is 7. The molecule has 0 aliphatic heterocycles. The van der Waals surface area contributed by atoms with Crippen LogP contribution in [0.5, 0.6) is 11.5 Å². The molecule has 0 aliphatic carbocycles. The Hall–Kier alpha value is -2.65. The number of anilines is 1. The van der Waals surface area contributed by atoms with Gasteiger partial charge in [-0.15, -0.1) is 11.3 Å². The van der Waals surface area contributed by atoms with Gasteiger partial charge in [0.25, 0.3) is 5.91 Å². The molecule has 2 amide bonds. The van der Waals surface area contributed by atoms with Crippen LogP contribution in [0.1, 0.15) is 23.7 Å². The third-order valence-electron chi connectivity index (χ3n) is 3.86. The predicted molar refractivity (Wildman–Crippen MR) is 107 cm³/mol. The zero-order chi connectivity index (χ0) is 20.4. The van der Waals surface area contributed by atoms with E-state index < -0.39 is 0 Å². The van der Waals surface area contributed by atoms with Crippen LogP contribution in [0.2, 0.25) is 0 Å². The predicted octanol–water partition coefficient (Wildman–Crippen LogP) is 2.67. The third kappa shape index (κ3) is 6.21. The molecule has 28 heavy (non-hydrogen) atoms. The lowest BCUT2D eigenvalue weighted by Crippen LogP contribution is -2.39. The second-order valence-electron chi connectivity index (χ2n) is 5.73. The van der Waals surface area contributed by atoms with Crippen LogP contribution in [-0.4, -0.2) is 62.2 Å². The van der Waals surface area contributed by atoms with Gasteiger partial charge in [0, 0.05) is 37.4 Å². The number of benzene rings is 1. The number of carbonyl (C=O) groups excluding carboxylic acids is 2. The minimum atomic E-state index is -0.313. The third-order valence-corrected chi connectivity index (χ3v) is 4.55. The van der Waals surface area contributed by atoms with Gasteiger partial charge in [-0.3, -0.25) is 9.59 Å². The highest BCUT2D eigenvalue weighted by atomic mass is 32.1. The van der Waals surface area contributed by atoms with Crippen molar-refractivity contribution in [1.82, 2.24) is 9.88 Å². The maximum atomic E-state index is 13.1. The van der Waals surface area contributed by atoms with Crippen LogP contribution in [-0.2, 0) is 9.53 Å². The Balaban J connectivity index is 2.14. The lowest BCUT2D eigenvalue weighted by atomic mass is 10.1. The molecule has 0 fully saturated rings. The monoisotopic (exact) mass is 407 g/mol. The zero-order valence-electron chi connectivity index (χ0n) is 16.3. The van der Waals surface area contributed by atoms with Crippen molar-refractivity contribution in [2.24, 2.45) is 0 Å². The minimum absolute atomic E-state index is 0.0975. The molecule has 0 saturated carbocycles. The molecular weight excluding hydrogens is 382 g/mol.